The lowest BCUT2D eigenvalue weighted by Crippen LogP contribution is -2.45. The van der Waals surface area contributed by atoms with Gasteiger partial charge in [-0.05, 0) is 50.6 Å². The summed E-state index contributed by atoms with van der Waals surface area (Å²) in [5.74, 6) is 0.458. The Morgan fingerprint density at radius 1 is 1.35 bits per heavy atom. The van der Waals surface area contributed by atoms with Crippen molar-refractivity contribution in [2.75, 3.05) is 33.4 Å². The highest BCUT2D eigenvalue weighted by Gasteiger charge is 2.27. The maximum absolute atomic E-state index is 11.7. The average molecular weight is 318 g/mol. The summed E-state index contributed by atoms with van der Waals surface area (Å²) in [4.78, 5) is 22.7. The minimum Gasteiger partial charge on any atom is -0.381 e. The molecule has 0 bridgehead atoms. The third kappa shape index (κ3) is 4.26. The molecule has 0 aliphatic carbocycles. The largest absolute Gasteiger partial charge is 0.381 e. The molecule has 6 heteroatoms. The number of hydrogen-bond acceptors (Lipinski definition) is 5. The molecule has 1 atom stereocenters. The Labute approximate surface area is 137 Å². The zero-order valence-electron chi connectivity index (χ0n) is 13.8. The summed E-state index contributed by atoms with van der Waals surface area (Å²) in [5, 5.41) is 2.61. The molecule has 0 aromatic carbocycles. The zero-order valence-corrected chi connectivity index (χ0v) is 13.8. The Bertz CT molecular complexity index is 531. The summed E-state index contributed by atoms with van der Waals surface area (Å²) in [6.07, 6.45) is 7.21. The number of hydrogen-bond donors (Lipinski definition) is 1. The van der Waals surface area contributed by atoms with Crippen LogP contribution in [0.1, 0.15) is 41.9 Å². The first-order valence-corrected chi connectivity index (χ1v) is 8.61. The van der Waals surface area contributed by atoms with Crippen molar-refractivity contribution in [2.24, 2.45) is 5.92 Å². The highest BCUT2D eigenvalue weighted by molar-refractivity contribution is 5.91. The van der Waals surface area contributed by atoms with Crippen LogP contribution in [0.3, 0.4) is 0 Å². The second-order valence-electron chi connectivity index (χ2n) is 6.52. The van der Waals surface area contributed by atoms with E-state index in [0.717, 1.165) is 44.7 Å². The molecule has 2 aliphatic heterocycles. The van der Waals surface area contributed by atoms with Gasteiger partial charge < -0.3 is 10.1 Å². The smallest absolute Gasteiger partial charge is 0.269 e. The second-order valence-corrected chi connectivity index (χ2v) is 6.52. The minimum atomic E-state index is -0.152. The summed E-state index contributed by atoms with van der Waals surface area (Å²) in [6, 6.07) is 2.50. The molecule has 1 aromatic rings. The lowest BCUT2D eigenvalue weighted by Gasteiger charge is -2.39. The van der Waals surface area contributed by atoms with Crippen LogP contribution in [0.25, 0.3) is 0 Å². The van der Waals surface area contributed by atoms with Gasteiger partial charge in [0.05, 0.1) is 0 Å². The SMILES string of the molecule is CNC(=O)c1cc(C[C@@H]2CCCN(C3CCOCC3)C2)ncn1. The number of piperidine rings is 1. The quantitative estimate of drug-likeness (QED) is 0.905. The summed E-state index contributed by atoms with van der Waals surface area (Å²) < 4.78 is 5.48. The van der Waals surface area contributed by atoms with Gasteiger partial charge in [-0.2, -0.15) is 0 Å². The predicted molar refractivity (Wildman–Crippen MR) is 87.3 cm³/mol. The number of amides is 1. The van der Waals surface area contributed by atoms with Crippen molar-refractivity contribution in [2.45, 2.75) is 38.1 Å². The molecule has 6 nitrogen and oxygen atoms in total. The monoisotopic (exact) mass is 318 g/mol. The minimum absolute atomic E-state index is 0.152. The van der Waals surface area contributed by atoms with Crippen LogP contribution >= 0.6 is 0 Å². The van der Waals surface area contributed by atoms with Crippen LogP contribution in [0, 0.1) is 5.92 Å². The van der Waals surface area contributed by atoms with Gasteiger partial charge >= 0.3 is 0 Å². The summed E-state index contributed by atoms with van der Waals surface area (Å²) in [6.45, 7) is 4.12. The number of nitrogens with zero attached hydrogens (tertiary/aromatic N) is 3. The van der Waals surface area contributed by atoms with Crippen molar-refractivity contribution in [3.8, 4) is 0 Å². The highest BCUT2D eigenvalue weighted by Crippen LogP contribution is 2.25. The third-order valence-electron chi connectivity index (χ3n) is 4.94. The van der Waals surface area contributed by atoms with Gasteiger partial charge in [-0.3, -0.25) is 9.69 Å². The fraction of sp³-hybridized carbons (Fsp3) is 0.706. The highest BCUT2D eigenvalue weighted by atomic mass is 16.5. The third-order valence-corrected chi connectivity index (χ3v) is 4.94. The number of nitrogens with one attached hydrogen (secondary N) is 1. The molecule has 2 saturated heterocycles. The van der Waals surface area contributed by atoms with Gasteiger partial charge in [-0.25, -0.2) is 9.97 Å². The average Bonchev–Trinajstić information content (AvgIpc) is 2.62. The van der Waals surface area contributed by atoms with Crippen molar-refractivity contribution >= 4 is 5.91 Å². The van der Waals surface area contributed by atoms with Gasteiger partial charge in [0.15, 0.2) is 0 Å². The number of aromatic nitrogens is 2. The molecule has 0 unspecified atom stereocenters. The van der Waals surface area contributed by atoms with Crippen LogP contribution < -0.4 is 5.32 Å². The number of carbonyl (C=O) groups excluding carboxylic acids is 1. The Hall–Kier alpha value is -1.53. The zero-order chi connectivity index (χ0) is 16.1. The first kappa shape index (κ1) is 16.3. The van der Waals surface area contributed by atoms with Crippen LogP contribution in [-0.4, -0.2) is 60.2 Å². The Morgan fingerprint density at radius 2 is 2.17 bits per heavy atom. The Morgan fingerprint density at radius 3 is 2.96 bits per heavy atom. The lowest BCUT2D eigenvalue weighted by atomic mass is 9.91. The van der Waals surface area contributed by atoms with E-state index >= 15 is 0 Å². The van der Waals surface area contributed by atoms with E-state index in [1.54, 1.807) is 7.05 Å². The molecule has 1 aromatic heterocycles. The van der Waals surface area contributed by atoms with E-state index in [1.165, 1.54) is 25.7 Å². The molecule has 0 radical (unpaired) electrons. The topological polar surface area (TPSA) is 67.4 Å². The van der Waals surface area contributed by atoms with Crippen LogP contribution in [0.2, 0.25) is 0 Å². The number of rotatable bonds is 4. The number of likely N-dealkylation sites (tertiary alicyclic amines) is 1. The van der Waals surface area contributed by atoms with Crippen molar-refractivity contribution in [3.63, 3.8) is 0 Å². The van der Waals surface area contributed by atoms with Gasteiger partial charge in [0.25, 0.3) is 5.91 Å². The molecule has 126 valence electrons. The van der Waals surface area contributed by atoms with E-state index in [0.29, 0.717) is 17.7 Å². The molecular weight excluding hydrogens is 292 g/mol. The van der Waals surface area contributed by atoms with E-state index < -0.39 is 0 Å². The van der Waals surface area contributed by atoms with Crippen molar-refractivity contribution in [1.29, 1.82) is 0 Å². The second kappa shape index (κ2) is 7.84. The molecule has 23 heavy (non-hydrogen) atoms. The van der Waals surface area contributed by atoms with Crippen molar-refractivity contribution in [3.05, 3.63) is 23.8 Å². The molecule has 1 amide bonds. The lowest BCUT2D eigenvalue weighted by molar-refractivity contribution is 0.0177. The fourth-order valence-corrected chi connectivity index (χ4v) is 3.70. The van der Waals surface area contributed by atoms with Gasteiger partial charge in [-0.15, -0.1) is 0 Å². The molecule has 2 aliphatic rings. The van der Waals surface area contributed by atoms with Crippen LogP contribution in [-0.2, 0) is 11.2 Å². The van der Waals surface area contributed by atoms with E-state index in [-0.39, 0.29) is 5.91 Å². The molecule has 0 spiro atoms. The van der Waals surface area contributed by atoms with E-state index in [2.05, 4.69) is 20.2 Å². The van der Waals surface area contributed by atoms with Gasteiger partial charge in [0, 0.05) is 38.5 Å². The molecule has 3 rings (SSSR count). The number of carbonyl (C=O) groups is 1. The molecule has 3 heterocycles. The fourth-order valence-electron chi connectivity index (χ4n) is 3.70. The van der Waals surface area contributed by atoms with E-state index in [9.17, 15) is 4.79 Å². The molecule has 0 saturated carbocycles. The van der Waals surface area contributed by atoms with Crippen LogP contribution in [0.4, 0.5) is 0 Å². The summed E-state index contributed by atoms with van der Waals surface area (Å²) >= 11 is 0. The van der Waals surface area contributed by atoms with Gasteiger partial charge in [-0.1, -0.05) is 0 Å². The van der Waals surface area contributed by atoms with E-state index in [1.807, 2.05) is 6.07 Å². The van der Waals surface area contributed by atoms with Gasteiger partial charge in [0.1, 0.15) is 12.0 Å². The Kier molecular flexibility index (Phi) is 5.56. The Balaban J connectivity index is 1.60. The molecule has 2 fully saturated rings. The van der Waals surface area contributed by atoms with Crippen LogP contribution in [0.15, 0.2) is 12.4 Å². The number of ether oxygens (including phenoxy) is 1. The predicted octanol–water partition coefficient (Wildman–Crippen LogP) is 1.27. The molecular formula is C17H26N4O2. The maximum atomic E-state index is 11.7. The first-order valence-electron chi connectivity index (χ1n) is 8.61. The maximum Gasteiger partial charge on any atom is 0.269 e. The summed E-state index contributed by atoms with van der Waals surface area (Å²) in [7, 11) is 1.62. The van der Waals surface area contributed by atoms with Crippen molar-refractivity contribution < 1.29 is 9.53 Å². The summed E-state index contributed by atoms with van der Waals surface area (Å²) in [5.41, 5.74) is 1.42. The van der Waals surface area contributed by atoms with Crippen LogP contribution in [0.5, 0.6) is 0 Å². The van der Waals surface area contributed by atoms with E-state index in [4.69, 9.17) is 4.74 Å². The van der Waals surface area contributed by atoms with Gasteiger partial charge in [0.2, 0.25) is 0 Å². The first-order chi connectivity index (χ1) is 11.3. The standard InChI is InChI=1S/C17H26N4O2/c1-18-17(22)16-10-14(19-12-20-16)9-13-3-2-6-21(11-13)15-4-7-23-8-5-15/h10,12-13,15H,2-9,11H2,1H3,(H,18,22)/t13-/m0/s1. The van der Waals surface area contributed by atoms with Crippen molar-refractivity contribution in [1.82, 2.24) is 20.2 Å². The normalized spacial score (nSPS) is 23.6. The molecule has 1 N–H and O–H groups in total.